The Kier molecular flexibility index (Phi) is 2.75. The van der Waals surface area contributed by atoms with Crippen LogP contribution in [0.2, 0.25) is 0 Å². The van der Waals surface area contributed by atoms with Crippen LogP contribution < -0.4 is 0 Å². The zero-order valence-corrected chi connectivity index (χ0v) is 7.61. The lowest BCUT2D eigenvalue weighted by atomic mass is 10.00. The van der Waals surface area contributed by atoms with Gasteiger partial charge in [0.25, 0.3) is 0 Å². The van der Waals surface area contributed by atoms with Crippen molar-refractivity contribution in [1.82, 2.24) is 0 Å². The summed E-state index contributed by atoms with van der Waals surface area (Å²) in [5, 5.41) is 0. The maximum atomic E-state index is 5.52. The summed E-state index contributed by atoms with van der Waals surface area (Å²) in [5.74, 6) is 1.12. The Balaban J connectivity index is 2.76. The lowest BCUT2D eigenvalue weighted by molar-refractivity contribution is 0.231. The van der Waals surface area contributed by atoms with Crippen LogP contribution in [0.4, 0.5) is 0 Å². The van der Waals surface area contributed by atoms with Gasteiger partial charge in [-0.1, -0.05) is 6.08 Å². The maximum Gasteiger partial charge on any atom is 0.120 e. The summed E-state index contributed by atoms with van der Waals surface area (Å²) in [7, 11) is 0. The number of hydrogen-bond acceptors (Lipinski definition) is 1. The molecule has 0 aliphatic heterocycles. The molecule has 1 aliphatic rings. The molecule has 0 amide bonds. The van der Waals surface area contributed by atoms with Crippen molar-refractivity contribution in [2.24, 2.45) is 0 Å². The molecular formula is C10H16O. The third kappa shape index (κ3) is 1.86. The normalized spacial score (nSPS) is 18.3. The molecule has 0 unspecified atom stereocenters. The van der Waals surface area contributed by atoms with Crippen molar-refractivity contribution in [2.75, 3.05) is 6.61 Å². The van der Waals surface area contributed by atoms with Crippen molar-refractivity contribution in [3.05, 3.63) is 23.0 Å². The molecule has 1 nitrogen and oxygen atoms in total. The van der Waals surface area contributed by atoms with Gasteiger partial charge < -0.3 is 4.74 Å². The van der Waals surface area contributed by atoms with E-state index in [1.165, 1.54) is 17.6 Å². The number of ether oxygens (including phenoxy) is 1. The number of hydrogen-bond donors (Lipinski definition) is 0. The predicted octanol–water partition coefficient (Wildman–Crippen LogP) is 3.04. The Morgan fingerprint density at radius 2 is 2.18 bits per heavy atom. The summed E-state index contributed by atoms with van der Waals surface area (Å²) in [6.07, 6.45) is 4.58. The highest BCUT2D eigenvalue weighted by atomic mass is 16.5. The Morgan fingerprint density at radius 3 is 2.73 bits per heavy atom. The standard InChI is InChI=1S/C10H16O/c1-4-11-10-8(2)6-5-7-9(10)3/h6H,4-5,7H2,1-3H3. The molecule has 62 valence electrons. The molecule has 0 N–H and O–H groups in total. The van der Waals surface area contributed by atoms with Crippen LogP contribution in [-0.2, 0) is 4.74 Å². The first kappa shape index (κ1) is 8.38. The lowest BCUT2D eigenvalue weighted by Crippen LogP contribution is -2.01. The van der Waals surface area contributed by atoms with Crippen molar-refractivity contribution < 1.29 is 4.74 Å². The highest BCUT2D eigenvalue weighted by Crippen LogP contribution is 2.24. The maximum absolute atomic E-state index is 5.52. The van der Waals surface area contributed by atoms with Crippen LogP contribution in [0.1, 0.15) is 33.6 Å². The molecule has 1 heteroatoms. The molecule has 0 bridgehead atoms. The van der Waals surface area contributed by atoms with Crippen molar-refractivity contribution in [3.8, 4) is 0 Å². The average Bonchev–Trinajstić information content (AvgIpc) is 1.97. The van der Waals surface area contributed by atoms with Gasteiger partial charge in [0.2, 0.25) is 0 Å². The van der Waals surface area contributed by atoms with Crippen molar-refractivity contribution in [2.45, 2.75) is 33.6 Å². The molecule has 0 aromatic heterocycles. The van der Waals surface area contributed by atoms with Gasteiger partial charge in [0, 0.05) is 0 Å². The zero-order valence-electron chi connectivity index (χ0n) is 7.61. The van der Waals surface area contributed by atoms with Crippen LogP contribution >= 0.6 is 0 Å². The quantitative estimate of drug-likeness (QED) is 0.591. The van der Waals surface area contributed by atoms with Crippen LogP contribution in [0.15, 0.2) is 23.0 Å². The molecule has 0 aromatic carbocycles. The van der Waals surface area contributed by atoms with Gasteiger partial charge in [0.15, 0.2) is 0 Å². The van der Waals surface area contributed by atoms with Gasteiger partial charge in [-0.25, -0.2) is 0 Å². The van der Waals surface area contributed by atoms with E-state index in [0.717, 1.165) is 18.8 Å². The van der Waals surface area contributed by atoms with Gasteiger partial charge in [-0.3, -0.25) is 0 Å². The number of rotatable bonds is 2. The van der Waals surface area contributed by atoms with Crippen LogP contribution in [-0.4, -0.2) is 6.61 Å². The highest BCUT2D eigenvalue weighted by Gasteiger charge is 2.09. The van der Waals surface area contributed by atoms with Gasteiger partial charge in [-0.15, -0.1) is 0 Å². The molecule has 0 atom stereocenters. The van der Waals surface area contributed by atoms with E-state index in [1.807, 2.05) is 6.92 Å². The van der Waals surface area contributed by atoms with E-state index in [4.69, 9.17) is 4.74 Å². The van der Waals surface area contributed by atoms with E-state index in [-0.39, 0.29) is 0 Å². The first-order valence-corrected chi connectivity index (χ1v) is 4.25. The molecule has 1 rings (SSSR count). The van der Waals surface area contributed by atoms with E-state index in [9.17, 15) is 0 Å². The Hall–Kier alpha value is -0.720. The molecule has 11 heavy (non-hydrogen) atoms. The topological polar surface area (TPSA) is 9.23 Å². The summed E-state index contributed by atoms with van der Waals surface area (Å²) in [5.41, 5.74) is 2.70. The predicted molar refractivity (Wildman–Crippen MR) is 47.3 cm³/mol. The number of allylic oxidation sites excluding steroid dienone is 3. The second kappa shape index (κ2) is 3.61. The third-order valence-electron chi connectivity index (χ3n) is 2.00. The summed E-state index contributed by atoms with van der Waals surface area (Å²) in [6, 6.07) is 0. The molecule has 0 aromatic rings. The Bertz CT molecular complexity index is 199. The van der Waals surface area contributed by atoms with Crippen LogP contribution in [0.3, 0.4) is 0 Å². The Labute approximate surface area is 68.8 Å². The second-order valence-electron chi connectivity index (χ2n) is 2.97. The van der Waals surface area contributed by atoms with Crippen molar-refractivity contribution in [3.63, 3.8) is 0 Å². The average molecular weight is 152 g/mol. The van der Waals surface area contributed by atoms with E-state index in [0.29, 0.717) is 0 Å². The minimum absolute atomic E-state index is 0.776. The van der Waals surface area contributed by atoms with Crippen LogP contribution in [0.5, 0.6) is 0 Å². The minimum Gasteiger partial charge on any atom is -0.494 e. The largest absolute Gasteiger partial charge is 0.494 e. The molecule has 0 radical (unpaired) electrons. The second-order valence-corrected chi connectivity index (χ2v) is 2.97. The molecule has 0 fully saturated rings. The molecule has 0 saturated heterocycles. The monoisotopic (exact) mass is 152 g/mol. The summed E-state index contributed by atoms with van der Waals surface area (Å²) in [6.45, 7) is 7.08. The van der Waals surface area contributed by atoms with Gasteiger partial charge in [0.05, 0.1) is 6.61 Å². The lowest BCUT2D eigenvalue weighted by Gasteiger charge is -2.17. The minimum atomic E-state index is 0.776. The van der Waals surface area contributed by atoms with Gasteiger partial charge in [-0.05, 0) is 44.8 Å². The van der Waals surface area contributed by atoms with Crippen molar-refractivity contribution >= 4 is 0 Å². The first-order chi connectivity index (χ1) is 5.25. The Morgan fingerprint density at radius 1 is 1.45 bits per heavy atom. The van der Waals surface area contributed by atoms with Crippen molar-refractivity contribution in [1.29, 1.82) is 0 Å². The molecule has 0 heterocycles. The highest BCUT2D eigenvalue weighted by molar-refractivity contribution is 5.31. The molecule has 0 spiro atoms. The van der Waals surface area contributed by atoms with Gasteiger partial charge >= 0.3 is 0 Å². The molecular weight excluding hydrogens is 136 g/mol. The summed E-state index contributed by atoms with van der Waals surface area (Å²) in [4.78, 5) is 0. The first-order valence-electron chi connectivity index (χ1n) is 4.25. The fourth-order valence-corrected chi connectivity index (χ4v) is 1.43. The van der Waals surface area contributed by atoms with E-state index < -0.39 is 0 Å². The molecule has 0 saturated carbocycles. The summed E-state index contributed by atoms with van der Waals surface area (Å²) < 4.78 is 5.52. The van der Waals surface area contributed by atoms with Crippen LogP contribution in [0, 0.1) is 0 Å². The van der Waals surface area contributed by atoms with E-state index in [1.54, 1.807) is 0 Å². The SMILES string of the molecule is CCOC1=C(C)CCC=C1C. The smallest absolute Gasteiger partial charge is 0.120 e. The van der Waals surface area contributed by atoms with Crippen LogP contribution in [0.25, 0.3) is 0 Å². The fourth-order valence-electron chi connectivity index (χ4n) is 1.43. The third-order valence-corrected chi connectivity index (χ3v) is 2.00. The van der Waals surface area contributed by atoms with E-state index in [2.05, 4.69) is 19.9 Å². The van der Waals surface area contributed by atoms with Gasteiger partial charge in [0.1, 0.15) is 5.76 Å². The fraction of sp³-hybridized carbons (Fsp3) is 0.600. The summed E-state index contributed by atoms with van der Waals surface area (Å²) >= 11 is 0. The van der Waals surface area contributed by atoms with E-state index >= 15 is 0 Å². The zero-order chi connectivity index (χ0) is 8.27. The molecule has 1 aliphatic carbocycles. The van der Waals surface area contributed by atoms with Gasteiger partial charge in [-0.2, -0.15) is 0 Å².